The van der Waals surface area contributed by atoms with Crippen molar-refractivity contribution in [3.05, 3.63) is 66.7 Å². The summed E-state index contributed by atoms with van der Waals surface area (Å²) in [7, 11) is 1.67. The maximum absolute atomic E-state index is 5.43. The second kappa shape index (κ2) is 10.6. The summed E-state index contributed by atoms with van der Waals surface area (Å²) in [5.74, 6) is 0.779. The molecule has 3 aromatic carbocycles. The summed E-state index contributed by atoms with van der Waals surface area (Å²) in [6.07, 6.45) is 0. The van der Waals surface area contributed by atoms with E-state index in [2.05, 4.69) is 86.0 Å². The van der Waals surface area contributed by atoms with Crippen LogP contribution in [0.25, 0.3) is 33.5 Å². The quantitative estimate of drug-likeness (QED) is 0.283. The van der Waals surface area contributed by atoms with Gasteiger partial charge in [-0.25, -0.2) is 9.97 Å². The minimum atomic E-state index is 0.779. The first kappa shape index (κ1) is 23.6. The molecule has 176 valence electrons. The standard InChI is InChI=1S/C29H34N4O/c1-6-32(7-2)23-14-10-21(11-15-23)28-29(22-12-16-24(17-13-22)33(8-3)9-4)31-27-20-25(34-5)18-19-26(27)30-28/h10-20H,6-9H2,1-5H3. The molecule has 4 rings (SSSR count). The number of hydrogen-bond donors (Lipinski definition) is 0. The fraction of sp³-hybridized carbons (Fsp3) is 0.310. The highest BCUT2D eigenvalue weighted by atomic mass is 16.5. The summed E-state index contributed by atoms with van der Waals surface area (Å²) in [6.45, 7) is 12.7. The number of nitrogens with zero attached hydrogens (tertiary/aromatic N) is 4. The van der Waals surface area contributed by atoms with E-state index in [4.69, 9.17) is 14.7 Å². The number of fused-ring (bicyclic) bond motifs is 1. The van der Waals surface area contributed by atoms with Gasteiger partial charge in [0.1, 0.15) is 5.75 Å². The van der Waals surface area contributed by atoms with Gasteiger partial charge in [-0.15, -0.1) is 0 Å². The van der Waals surface area contributed by atoms with Crippen LogP contribution in [0, 0.1) is 0 Å². The van der Waals surface area contributed by atoms with Crippen LogP contribution in [0.2, 0.25) is 0 Å². The second-order valence-corrected chi connectivity index (χ2v) is 8.21. The average Bonchev–Trinajstić information content (AvgIpc) is 2.90. The largest absolute Gasteiger partial charge is 0.497 e. The lowest BCUT2D eigenvalue weighted by Gasteiger charge is -2.22. The maximum atomic E-state index is 5.43. The van der Waals surface area contributed by atoms with Crippen molar-refractivity contribution >= 4 is 22.4 Å². The SMILES string of the molecule is CCN(CC)c1ccc(-c2nc3ccc(OC)cc3nc2-c2ccc(N(CC)CC)cc2)cc1. The van der Waals surface area contributed by atoms with Crippen LogP contribution in [-0.2, 0) is 0 Å². The zero-order valence-electron chi connectivity index (χ0n) is 20.9. The van der Waals surface area contributed by atoms with Crippen LogP contribution in [0.15, 0.2) is 66.7 Å². The fourth-order valence-electron chi connectivity index (χ4n) is 4.40. The van der Waals surface area contributed by atoms with Gasteiger partial charge in [-0.05, 0) is 64.1 Å². The molecule has 0 saturated carbocycles. The Bertz CT molecular complexity index is 1230. The molecule has 0 atom stereocenters. The van der Waals surface area contributed by atoms with Crippen LogP contribution < -0.4 is 14.5 Å². The van der Waals surface area contributed by atoms with Crippen molar-refractivity contribution in [3.8, 4) is 28.3 Å². The van der Waals surface area contributed by atoms with Crippen LogP contribution in [-0.4, -0.2) is 43.3 Å². The van der Waals surface area contributed by atoms with Gasteiger partial charge >= 0.3 is 0 Å². The summed E-state index contributed by atoms with van der Waals surface area (Å²) in [4.78, 5) is 14.8. The molecule has 5 heteroatoms. The van der Waals surface area contributed by atoms with Gasteiger partial charge in [0.15, 0.2) is 0 Å². The van der Waals surface area contributed by atoms with Gasteiger partial charge in [0.25, 0.3) is 0 Å². The number of anilines is 2. The van der Waals surface area contributed by atoms with Gasteiger partial charge in [0.2, 0.25) is 0 Å². The molecular weight excluding hydrogens is 420 g/mol. The molecule has 0 amide bonds. The third-order valence-corrected chi connectivity index (χ3v) is 6.41. The highest BCUT2D eigenvalue weighted by molar-refractivity contribution is 5.87. The summed E-state index contributed by atoms with van der Waals surface area (Å²) >= 11 is 0. The van der Waals surface area contributed by atoms with Gasteiger partial charge in [0, 0.05) is 54.7 Å². The minimum absolute atomic E-state index is 0.779. The van der Waals surface area contributed by atoms with E-state index >= 15 is 0 Å². The normalized spacial score (nSPS) is 11.0. The number of hydrogen-bond acceptors (Lipinski definition) is 5. The van der Waals surface area contributed by atoms with E-state index in [9.17, 15) is 0 Å². The second-order valence-electron chi connectivity index (χ2n) is 8.21. The molecule has 1 aromatic heterocycles. The van der Waals surface area contributed by atoms with Gasteiger partial charge in [-0.3, -0.25) is 0 Å². The molecule has 5 nitrogen and oxygen atoms in total. The van der Waals surface area contributed by atoms with Gasteiger partial charge in [-0.2, -0.15) is 0 Å². The molecule has 0 bridgehead atoms. The van der Waals surface area contributed by atoms with Crippen molar-refractivity contribution in [2.75, 3.05) is 43.1 Å². The van der Waals surface area contributed by atoms with E-state index in [1.165, 1.54) is 11.4 Å². The Balaban J connectivity index is 1.84. The summed E-state index contributed by atoms with van der Waals surface area (Å²) in [5, 5.41) is 0. The molecule has 0 radical (unpaired) electrons. The molecule has 34 heavy (non-hydrogen) atoms. The first-order valence-corrected chi connectivity index (χ1v) is 12.2. The number of aromatic nitrogens is 2. The molecule has 0 fully saturated rings. The first-order chi connectivity index (χ1) is 16.6. The number of benzene rings is 3. The molecule has 0 aliphatic heterocycles. The van der Waals surface area contributed by atoms with Crippen molar-refractivity contribution in [3.63, 3.8) is 0 Å². The molecule has 0 unspecified atom stereocenters. The Hall–Kier alpha value is -3.60. The van der Waals surface area contributed by atoms with Crippen molar-refractivity contribution in [1.29, 1.82) is 0 Å². The van der Waals surface area contributed by atoms with Gasteiger partial charge in [-0.1, -0.05) is 24.3 Å². The Morgan fingerprint density at radius 2 is 1.03 bits per heavy atom. The molecule has 1 heterocycles. The molecule has 0 aliphatic carbocycles. The number of rotatable bonds is 9. The monoisotopic (exact) mass is 454 g/mol. The molecule has 0 spiro atoms. The minimum Gasteiger partial charge on any atom is -0.497 e. The van der Waals surface area contributed by atoms with Crippen molar-refractivity contribution in [2.45, 2.75) is 27.7 Å². The van der Waals surface area contributed by atoms with E-state index < -0.39 is 0 Å². The predicted molar refractivity (Wildman–Crippen MR) is 144 cm³/mol. The lowest BCUT2D eigenvalue weighted by molar-refractivity contribution is 0.415. The molecule has 0 aliphatic rings. The maximum Gasteiger partial charge on any atom is 0.121 e. The zero-order chi connectivity index (χ0) is 24.1. The van der Waals surface area contributed by atoms with Crippen molar-refractivity contribution in [1.82, 2.24) is 9.97 Å². The third kappa shape index (κ3) is 4.69. The van der Waals surface area contributed by atoms with Crippen LogP contribution in [0.1, 0.15) is 27.7 Å². The third-order valence-electron chi connectivity index (χ3n) is 6.41. The summed E-state index contributed by atoms with van der Waals surface area (Å²) < 4.78 is 5.43. The highest BCUT2D eigenvalue weighted by Crippen LogP contribution is 2.33. The lowest BCUT2D eigenvalue weighted by atomic mass is 10.0. The van der Waals surface area contributed by atoms with E-state index in [0.717, 1.165) is 65.5 Å². The van der Waals surface area contributed by atoms with Crippen molar-refractivity contribution < 1.29 is 4.74 Å². The summed E-state index contributed by atoms with van der Waals surface area (Å²) in [6, 6.07) is 23.2. The summed E-state index contributed by atoms with van der Waals surface area (Å²) in [5.41, 5.74) is 7.99. The van der Waals surface area contributed by atoms with E-state index in [1.807, 2.05) is 18.2 Å². The first-order valence-electron chi connectivity index (χ1n) is 12.2. The smallest absolute Gasteiger partial charge is 0.121 e. The molecule has 0 N–H and O–H groups in total. The highest BCUT2D eigenvalue weighted by Gasteiger charge is 2.15. The van der Waals surface area contributed by atoms with E-state index in [0.29, 0.717) is 0 Å². The topological polar surface area (TPSA) is 41.5 Å². The van der Waals surface area contributed by atoms with Crippen LogP contribution >= 0.6 is 0 Å². The van der Waals surface area contributed by atoms with Gasteiger partial charge in [0.05, 0.1) is 29.5 Å². The number of ether oxygens (including phenoxy) is 1. The fourth-order valence-corrected chi connectivity index (χ4v) is 4.40. The Morgan fingerprint density at radius 1 is 0.588 bits per heavy atom. The van der Waals surface area contributed by atoms with Gasteiger partial charge < -0.3 is 14.5 Å². The zero-order valence-corrected chi connectivity index (χ0v) is 20.9. The van der Waals surface area contributed by atoms with Crippen LogP contribution in [0.5, 0.6) is 5.75 Å². The Morgan fingerprint density at radius 3 is 1.44 bits per heavy atom. The molecule has 4 aromatic rings. The lowest BCUT2D eigenvalue weighted by Crippen LogP contribution is -2.21. The Kier molecular flexibility index (Phi) is 7.31. The Labute approximate surface area is 203 Å². The molecule has 0 saturated heterocycles. The van der Waals surface area contributed by atoms with E-state index in [1.54, 1.807) is 7.11 Å². The van der Waals surface area contributed by atoms with Crippen LogP contribution in [0.3, 0.4) is 0 Å². The average molecular weight is 455 g/mol. The van der Waals surface area contributed by atoms with Crippen LogP contribution in [0.4, 0.5) is 11.4 Å². The molecular formula is C29H34N4O. The predicted octanol–water partition coefficient (Wildman–Crippen LogP) is 6.66. The number of methoxy groups -OCH3 is 1. The van der Waals surface area contributed by atoms with Crippen molar-refractivity contribution in [2.24, 2.45) is 0 Å². The van der Waals surface area contributed by atoms with E-state index in [-0.39, 0.29) is 0 Å².